The lowest BCUT2D eigenvalue weighted by Gasteiger charge is -2.30. The van der Waals surface area contributed by atoms with Gasteiger partial charge < -0.3 is 10.6 Å². The first-order valence-corrected chi connectivity index (χ1v) is 7.84. The minimum absolute atomic E-state index is 0.0160. The highest BCUT2D eigenvalue weighted by Crippen LogP contribution is 2.28. The van der Waals surface area contributed by atoms with Gasteiger partial charge in [-0.05, 0) is 40.0 Å². The molecule has 1 aromatic rings. The van der Waals surface area contributed by atoms with Crippen LogP contribution in [0.3, 0.4) is 0 Å². The zero-order chi connectivity index (χ0) is 17.9. The quantitative estimate of drug-likeness (QED) is 0.855. The summed E-state index contributed by atoms with van der Waals surface area (Å²) < 4.78 is 0. The van der Waals surface area contributed by atoms with E-state index in [0.717, 1.165) is 0 Å². The van der Waals surface area contributed by atoms with Crippen LogP contribution in [0.5, 0.6) is 0 Å². The van der Waals surface area contributed by atoms with Crippen LogP contribution in [0, 0.1) is 0 Å². The fourth-order valence-corrected chi connectivity index (χ4v) is 2.53. The number of fused-ring (bicyclic) bond motifs is 1. The maximum atomic E-state index is 12.6. The van der Waals surface area contributed by atoms with Crippen molar-refractivity contribution in [2.24, 2.45) is 0 Å². The molecule has 0 spiro atoms. The van der Waals surface area contributed by atoms with Gasteiger partial charge in [0.1, 0.15) is 6.54 Å². The monoisotopic (exact) mass is 332 g/mol. The Morgan fingerprint density at radius 3 is 2.58 bits per heavy atom. The SMILES string of the molecule is CN(CC(=O)NC(C)(C)C)CC(=O)N1CC(=O)Nc2ccccc21. The number of anilines is 2. The Labute approximate surface area is 142 Å². The Morgan fingerprint density at radius 2 is 1.92 bits per heavy atom. The largest absolute Gasteiger partial charge is 0.350 e. The molecule has 0 aliphatic carbocycles. The number of likely N-dealkylation sites (N-methyl/N-ethyl adjacent to an activating group) is 1. The van der Waals surface area contributed by atoms with Crippen LogP contribution >= 0.6 is 0 Å². The van der Waals surface area contributed by atoms with Crippen molar-refractivity contribution in [3.8, 4) is 0 Å². The second-order valence-electron chi connectivity index (χ2n) is 7.02. The molecule has 130 valence electrons. The number of nitrogens with one attached hydrogen (secondary N) is 2. The maximum Gasteiger partial charge on any atom is 0.244 e. The highest BCUT2D eigenvalue weighted by Gasteiger charge is 2.27. The molecular formula is C17H24N4O3. The first-order chi connectivity index (χ1) is 11.2. The summed E-state index contributed by atoms with van der Waals surface area (Å²) in [4.78, 5) is 39.4. The van der Waals surface area contributed by atoms with Crippen LogP contribution in [0.15, 0.2) is 24.3 Å². The summed E-state index contributed by atoms with van der Waals surface area (Å²) in [5.74, 6) is -0.590. The van der Waals surface area contributed by atoms with Crippen molar-refractivity contribution in [3.05, 3.63) is 24.3 Å². The summed E-state index contributed by atoms with van der Waals surface area (Å²) >= 11 is 0. The molecule has 2 rings (SSSR count). The van der Waals surface area contributed by atoms with Crippen LogP contribution in [-0.4, -0.2) is 54.8 Å². The minimum atomic E-state index is -0.314. The number of amides is 3. The predicted octanol–water partition coefficient (Wildman–Crippen LogP) is 0.818. The van der Waals surface area contributed by atoms with E-state index < -0.39 is 0 Å². The number of hydrogen-bond acceptors (Lipinski definition) is 4. The summed E-state index contributed by atoms with van der Waals surface area (Å²) in [6.45, 7) is 5.86. The van der Waals surface area contributed by atoms with Crippen LogP contribution in [0.4, 0.5) is 11.4 Å². The topological polar surface area (TPSA) is 81.8 Å². The molecule has 0 aromatic heterocycles. The third-order valence-corrected chi connectivity index (χ3v) is 3.40. The Balaban J connectivity index is 2.00. The van der Waals surface area contributed by atoms with Crippen LogP contribution in [0.1, 0.15) is 20.8 Å². The molecule has 1 heterocycles. The van der Waals surface area contributed by atoms with Gasteiger partial charge in [-0.3, -0.25) is 24.2 Å². The zero-order valence-corrected chi connectivity index (χ0v) is 14.5. The van der Waals surface area contributed by atoms with Crippen molar-refractivity contribution >= 4 is 29.1 Å². The molecule has 1 aliphatic rings. The van der Waals surface area contributed by atoms with Gasteiger partial charge in [0, 0.05) is 5.54 Å². The third kappa shape index (κ3) is 4.79. The van der Waals surface area contributed by atoms with Crippen LogP contribution in [-0.2, 0) is 14.4 Å². The molecule has 0 saturated heterocycles. The van der Waals surface area contributed by atoms with Gasteiger partial charge in [0.15, 0.2) is 0 Å². The van der Waals surface area contributed by atoms with E-state index in [0.29, 0.717) is 11.4 Å². The smallest absolute Gasteiger partial charge is 0.244 e. The number of nitrogens with zero attached hydrogens (tertiary/aromatic N) is 2. The van der Waals surface area contributed by atoms with E-state index >= 15 is 0 Å². The second-order valence-corrected chi connectivity index (χ2v) is 7.02. The normalized spacial score (nSPS) is 14.2. The van der Waals surface area contributed by atoms with E-state index in [-0.39, 0.29) is 42.9 Å². The molecule has 1 aromatic carbocycles. The summed E-state index contributed by atoms with van der Waals surface area (Å²) in [5.41, 5.74) is 0.983. The van der Waals surface area contributed by atoms with Gasteiger partial charge in [-0.25, -0.2) is 0 Å². The highest BCUT2D eigenvalue weighted by molar-refractivity contribution is 6.10. The average molecular weight is 332 g/mol. The van der Waals surface area contributed by atoms with Gasteiger partial charge in [0.25, 0.3) is 0 Å². The predicted molar refractivity (Wildman–Crippen MR) is 92.8 cm³/mol. The number of para-hydroxylation sites is 2. The van der Waals surface area contributed by atoms with Gasteiger partial charge in [-0.1, -0.05) is 12.1 Å². The summed E-state index contributed by atoms with van der Waals surface area (Å²) in [6.07, 6.45) is 0. The molecule has 0 bridgehead atoms. The molecule has 0 atom stereocenters. The lowest BCUT2D eigenvalue weighted by Crippen LogP contribution is -2.49. The number of rotatable bonds is 4. The Hall–Kier alpha value is -2.41. The van der Waals surface area contributed by atoms with E-state index in [9.17, 15) is 14.4 Å². The average Bonchev–Trinajstić information content (AvgIpc) is 2.43. The lowest BCUT2D eigenvalue weighted by molar-refractivity contribution is -0.125. The molecule has 0 fully saturated rings. The van der Waals surface area contributed by atoms with Crippen LogP contribution < -0.4 is 15.5 Å². The van der Waals surface area contributed by atoms with Gasteiger partial charge >= 0.3 is 0 Å². The lowest BCUT2D eigenvalue weighted by atomic mass is 10.1. The fraction of sp³-hybridized carbons (Fsp3) is 0.471. The summed E-state index contributed by atoms with van der Waals surface area (Å²) in [5, 5.41) is 5.60. The third-order valence-electron chi connectivity index (χ3n) is 3.40. The summed E-state index contributed by atoms with van der Waals surface area (Å²) in [7, 11) is 1.70. The van der Waals surface area contributed by atoms with Gasteiger partial charge in [-0.15, -0.1) is 0 Å². The van der Waals surface area contributed by atoms with Crippen molar-refractivity contribution in [1.82, 2.24) is 10.2 Å². The Bertz CT molecular complexity index is 651. The van der Waals surface area contributed by atoms with E-state index in [1.165, 1.54) is 4.90 Å². The van der Waals surface area contributed by atoms with Crippen LogP contribution in [0.2, 0.25) is 0 Å². The van der Waals surface area contributed by atoms with Crippen LogP contribution in [0.25, 0.3) is 0 Å². The van der Waals surface area contributed by atoms with E-state index in [4.69, 9.17) is 0 Å². The van der Waals surface area contributed by atoms with Gasteiger partial charge in [0.2, 0.25) is 17.7 Å². The molecule has 7 nitrogen and oxygen atoms in total. The number of carbonyl (C=O) groups is 3. The zero-order valence-electron chi connectivity index (χ0n) is 14.5. The number of carbonyl (C=O) groups excluding carboxylic acids is 3. The molecule has 3 amide bonds. The Morgan fingerprint density at radius 1 is 1.25 bits per heavy atom. The molecule has 0 radical (unpaired) electrons. The van der Waals surface area contributed by atoms with E-state index in [1.807, 2.05) is 26.8 Å². The molecule has 0 unspecified atom stereocenters. The number of hydrogen-bond donors (Lipinski definition) is 2. The molecule has 7 heteroatoms. The maximum absolute atomic E-state index is 12.6. The van der Waals surface area contributed by atoms with Gasteiger partial charge in [-0.2, -0.15) is 0 Å². The highest BCUT2D eigenvalue weighted by atomic mass is 16.2. The van der Waals surface area contributed by atoms with E-state index in [1.54, 1.807) is 30.1 Å². The van der Waals surface area contributed by atoms with E-state index in [2.05, 4.69) is 10.6 Å². The second kappa shape index (κ2) is 7.00. The van der Waals surface area contributed by atoms with Gasteiger partial charge in [0.05, 0.1) is 24.5 Å². The summed E-state index contributed by atoms with van der Waals surface area (Å²) in [6, 6.07) is 7.17. The standard InChI is InChI=1S/C17H24N4O3/c1-17(2,3)19-15(23)9-20(4)11-16(24)21-10-14(22)18-12-7-5-6-8-13(12)21/h5-8H,9-11H2,1-4H3,(H,18,22)(H,19,23). The van der Waals surface area contributed by atoms with Crippen molar-refractivity contribution in [3.63, 3.8) is 0 Å². The first kappa shape index (κ1) is 17.9. The van der Waals surface area contributed by atoms with Crippen molar-refractivity contribution in [1.29, 1.82) is 0 Å². The van der Waals surface area contributed by atoms with Crippen molar-refractivity contribution < 1.29 is 14.4 Å². The fourth-order valence-electron chi connectivity index (χ4n) is 2.53. The molecule has 0 saturated carbocycles. The Kier molecular flexibility index (Phi) is 5.23. The first-order valence-electron chi connectivity index (χ1n) is 7.84. The molecular weight excluding hydrogens is 308 g/mol. The van der Waals surface area contributed by atoms with Crippen molar-refractivity contribution in [2.75, 3.05) is 36.9 Å². The molecule has 24 heavy (non-hydrogen) atoms. The molecule has 2 N–H and O–H groups in total. The minimum Gasteiger partial charge on any atom is -0.350 e. The van der Waals surface area contributed by atoms with Crippen molar-refractivity contribution in [2.45, 2.75) is 26.3 Å². The molecule has 1 aliphatic heterocycles. The number of benzene rings is 1.